The molecule has 1 aromatic heterocycles. The predicted molar refractivity (Wildman–Crippen MR) is 120 cm³/mol. The molecule has 2 heterocycles. The molecule has 8 heteroatoms. The van der Waals surface area contributed by atoms with E-state index in [1.807, 2.05) is 13.8 Å². The Kier molecular flexibility index (Phi) is 6.01. The summed E-state index contributed by atoms with van der Waals surface area (Å²) < 4.78 is 35.0. The van der Waals surface area contributed by atoms with E-state index < -0.39 is 22.8 Å². The number of rotatable bonds is 6. The summed E-state index contributed by atoms with van der Waals surface area (Å²) in [5, 5.41) is 13.3. The van der Waals surface area contributed by atoms with Gasteiger partial charge in [0, 0.05) is 16.0 Å². The lowest BCUT2D eigenvalue weighted by molar-refractivity contribution is 0.0614. The van der Waals surface area contributed by atoms with Gasteiger partial charge in [-0.05, 0) is 51.5 Å². The molecule has 5 nitrogen and oxygen atoms in total. The molecule has 31 heavy (non-hydrogen) atoms. The van der Waals surface area contributed by atoms with Gasteiger partial charge in [-0.3, -0.25) is 4.79 Å². The minimum absolute atomic E-state index is 0.114. The molecule has 2 N–H and O–H groups in total. The summed E-state index contributed by atoms with van der Waals surface area (Å²) in [6.07, 6.45) is 0.588. The number of nitrogens with zero attached hydrogens (tertiary/aromatic N) is 1. The van der Waals surface area contributed by atoms with Gasteiger partial charge in [-0.25, -0.2) is 13.8 Å². The van der Waals surface area contributed by atoms with Crippen LogP contribution in [-0.4, -0.2) is 29.3 Å². The Hall–Kier alpha value is -2.68. The first-order valence-corrected chi connectivity index (χ1v) is 10.3. The number of hydrogen-bond donors (Lipinski definition) is 2. The average molecular weight is 447 g/mol. The largest absolute Gasteiger partial charge is 0.386 e. The third-order valence-electron chi connectivity index (χ3n) is 5.06. The van der Waals surface area contributed by atoms with E-state index in [4.69, 9.17) is 4.74 Å². The van der Waals surface area contributed by atoms with Crippen molar-refractivity contribution in [2.75, 3.05) is 11.9 Å². The second kappa shape index (κ2) is 8.11. The molecule has 2 aromatic rings. The van der Waals surface area contributed by atoms with Crippen LogP contribution >= 0.6 is 11.3 Å². The van der Waals surface area contributed by atoms with E-state index in [0.717, 1.165) is 29.0 Å². The minimum Gasteiger partial charge on any atom is -0.386 e. The van der Waals surface area contributed by atoms with Crippen molar-refractivity contribution in [2.24, 2.45) is 4.99 Å². The van der Waals surface area contributed by atoms with Crippen molar-refractivity contribution in [3.8, 4) is 10.4 Å². The molecular formula is C23H24F2N2O3S. The Bertz CT molecular complexity index is 1090. The lowest BCUT2D eigenvalue weighted by Gasteiger charge is -2.18. The summed E-state index contributed by atoms with van der Waals surface area (Å²) in [5.74, 6) is -1.42. The first-order valence-electron chi connectivity index (χ1n) is 9.52. The summed E-state index contributed by atoms with van der Waals surface area (Å²) in [7, 11) is 0. The van der Waals surface area contributed by atoms with Gasteiger partial charge in [0.25, 0.3) is 0 Å². The molecule has 0 saturated carbocycles. The Morgan fingerprint density at radius 3 is 2.42 bits per heavy atom. The second-order valence-electron chi connectivity index (χ2n) is 8.29. The Morgan fingerprint density at radius 2 is 1.94 bits per heavy atom. The fraction of sp³-hybridized carbons (Fsp3) is 0.304. The van der Waals surface area contributed by atoms with Gasteiger partial charge in [-0.15, -0.1) is 11.3 Å². The molecule has 1 fully saturated rings. The standard InChI is InChI=1S/C23H24F2N2O3S/c1-12-18(11-30-23(12,5)6)26-13(2)27-21-14(10-28)7-19(31-21)20-16(24)8-15(9-17(20)25)22(3,4)29/h7-10,27,29H,1-2,11H2,3-6H3/b26-18-. The van der Waals surface area contributed by atoms with Crippen LogP contribution < -0.4 is 5.32 Å². The van der Waals surface area contributed by atoms with Crippen LogP contribution in [0.3, 0.4) is 0 Å². The molecule has 0 amide bonds. The molecule has 0 spiro atoms. The van der Waals surface area contributed by atoms with Crippen molar-refractivity contribution < 1.29 is 23.4 Å². The third kappa shape index (κ3) is 4.66. The number of aliphatic hydroxyl groups is 1. The zero-order valence-electron chi connectivity index (χ0n) is 17.8. The molecule has 0 aliphatic carbocycles. The van der Waals surface area contributed by atoms with Gasteiger partial charge in [-0.2, -0.15) is 0 Å². The summed E-state index contributed by atoms with van der Waals surface area (Å²) in [6.45, 7) is 14.8. The van der Waals surface area contributed by atoms with Crippen LogP contribution in [0.4, 0.5) is 13.8 Å². The molecule has 1 aliphatic heterocycles. The van der Waals surface area contributed by atoms with Crippen molar-refractivity contribution in [2.45, 2.75) is 38.9 Å². The number of nitrogens with one attached hydrogen (secondary N) is 1. The molecule has 1 saturated heterocycles. The first-order chi connectivity index (χ1) is 14.3. The van der Waals surface area contributed by atoms with Crippen LogP contribution in [0.5, 0.6) is 0 Å². The molecule has 1 aromatic carbocycles. The normalized spacial score (nSPS) is 17.3. The van der Waals surface area contributed by atoms with Gasteiger partial charge in [-0.1, -0.05) is 13.2 Å². The van der Waals surface area contributed by atoms with Crippen LogP contribution in [0.2, 0.25) is 0 Å². The smallest absolute Gasteiger partial charge is 0.153 e. The van der Waals surface area contributed by atoms with E-state index in [2.05, 4.69) is 23.5 Å². The summed E-state index contributed by atoms with van der Waals surface area (Å²) >= 11 is 0.997. The maximum absolute atomic E-state index is 14.7. The fourth-order valence-corrected chi connectivity index (χ4v) is 4.16. The maximum atomic E-state index is 14.7. The number of aldehydes is 1. The summed E-state index contributed by atoms with van der Waals surface area (Å²) in [5.41, 5.74) is -0.495. The highest BCUT2D eigenvalue weighted by Crippen LogP contribution is 2.39. The Balaban J connectivity index is 1.92. The van der Waals surface area contributed by atoms with Crippen LogP contribution in [0.15, 0.2) is 47.7 Å². The maximum Gasteiger partial charge on any atom is 0.153 e. The highest BCUT2D eigenvalue weighted by atomic mass is 32.1. The van der Waals surface area contributed by atoms with E-state index in [-0.39, 0.29) is 34.0 Å². The molecule has 0 radical (unpaired) electrons. The number of hydrogen-bond acceptors (Lipinski definition) is 6. The van der Waals surface area contributed by atoms with E-state index in [1.54, 1.807) is 0 Å². The minimum atomic E-state index is -1.39. The third-order valence-corrected chi connectivity index (χ3v) is 6.14. The van der Waals surface area contributed by atoms with Crippen molar-refractivity contribution in [1.29, 1.82) is 0 Å². The topological polar surface area (TPSA) is 70.9 Å². The van der Waals surface area contributed by atoms with Crippen molar-refractivity contribution in [3.05, 3.63) is 65.5 Å². The van der Waals surface area contributed by atoms with Gasteiger partial charge in [0.2, 0.25) is 0 Å². The lowest BCUT2D eigenvalue weighted by Crippen LogP contribution is -2.19. The average Bonchev–Trinajstić information content (AvgIpc) is 3.15. The summed E-state index contributed by atoms with van der Waals surface area (Å²) in [4.78, 5) is 16.1. The number of carbonyl (C=O) groups excluding carboxylic acids is 1. The Labute approximate surface area is 183 Å². The van der Waals surface area contributed by atoms with E-state index >= 15 is 0 Å². The van der Waals surface area contributed by atoms with Gasteiger partial charge >= 0.3 is 0 Å². The van der Waals surface area contributed by atoms with Gasteiger partial charge in [0.05, 0.1) is 29.1 Å². The van der Waals surface area contributed by atoms with Crippen molar-refractivity contribution in [3.63, 3.8) is 0 Å². The van der Waals surface area contributed by atoms with Gasteiger partial charge < -0.3 is 15.2 Å². The quantitative estimate of drug-likeness (QED) is 0.581. The van der Waals surface area contributed by atoms with Crippen LogP contribution in [-0.2, 0) is 10.3 Å². The zero-order valence-corrected chi connectivity index (χ0v) is 18.6. The number of anilines is 1. The van der Waals surface area contributed by atoms with Crippen LogP contribution in [0, 0.1) is 11.6 Å². The fourth-order valence-electron chi connectivity index (χ4n) is 3.07. The molecule has 1 aliphatic rings. The number of ether oxygens (including phenoxy) is 1. The number of thiophene rings is 1. The second-order valence-corrected chi connectivity index (χ2v) is 9.35. The number of halogens is 2. The number of carbonyl (C=O) groups is 1. The first kappa shape index (κ1) is 23.0. The molecule has 0 bridgehead atoms. The number of benzene rings is 1. The molecule has 164 valence electrons. The highest BCUT2D eigenvalue weighted by molar-refractivity contribution is 7.19. The van der Waals surface area contributed by atoms with Crippen molar-refractivity contribution in [1.82, 2.24) is 0 Å². The van der Waals surface area contributed by atoms with Gasteiger partial charge in [0.1, 0.15) is 22.5 Å². The van der Waals surface area contributed by atoms with Crippen LogP contribution in [0.1, 0.15) is 43.6 Å². The Morgan fingerprint density at radius 1 is 1.32 bits per heavy atom. The zero-order chi connectivity index (χ0) is 23.1. The molecule has 0 atom stereocenters. The monoisotopic (exact) mass is 446 g/mol. The van der Waals surface area contributed by atoms with Crippen LogP contribution in [0.25, 0.3) is 10.4 Å². The highest BCUT2D eigenvalue weighted by Gasteiger charge is 2.33. The number of aliphatic imine (C=N–C) groups is 1. The molecular weight excluding hydrogens is 422 g/mol. The van der Waals surface area contributed by atoms with E-state index in [9.17, 15) is 18.7 Å². The van der Waals surface area contributed by atoms with E-state index in [1.165, 1.54) is 19.9 Å². The summed E-state index contributed by atoms with van der Waals surface area (Å²) in [6, 6.07) is 3.57. The van der Waals surface area contributed by atoms with Gasteiger partial charge in [0.15, 0.2) is 6.29 Å². The molecule has 3 rings (SSSR count). The lowest BCUT2D eigenvalue weighted by atomic mass is 9.96. The van der Waals surface area contributed by atoms with Crippen molar-refractivity contribution >= 4 is 28.3 Å². The molecule has 0 unspecified atom stereocenters. The van der Waals surface area contributed by atoms with E-state index in [0.29, 0.717) is 17.0 Å². The predicted octanol–water partition coefficient (Wildman–Crippen LogP) is 5.42. The SMILES string of the molecule is C=C(/N=C1/COC(C)(C)C1=C)Nc1sc(-c2c(F)cc(C(C)(C)O)cc2F)cc1C=O.